The summed E-state index contributed by atoms with van der Waals surface area (Å²) >= 11 is 0. The van der Waals surface area contributed by atoms with Crippen molar-refractivity contribution in [3.63, 3.8) is 0 Å². The lowest BCUT2D eigenvalue weighted by atomic mass is 10.5. The number of hydrogen-bond donors (Lipinski definition) is 0. The first-order valence-electron chi connectivity index (χ1n) is 3.12. The van der Waals surface area contributed by atoms with E-state index in [-0.39, 0.29) is 12.6 Å². The maximum absolute atomic E-state index is 10.4. The average molecular weight is 148 g/mol. The molecule has 0 saturated heterocycles. The molecule has 0 fully saturated rings. The Morgan fingerprint density at radius 1 is 1.40 bits per heavy atom. The molecule has 0 rings (SSSR count). The standard InChI is InChI=1S/C6H12O4/c1-3-6(7)10-9-5-4-8-2/h3-5H2,1-2H3. The Morgan fingerprint density at radius 2 is 2.10 bits per heavy atom. The fourth-order valence-corrected chi connectivity index (χ4v) is 0.284. The topological polar surface area (TPSA) is 44.8 Å². The molecule has 0 aliphatic rings. The van der Waals surface area contributed by atoms with Crippen LogP contribution in [-0.2, 0) is 19.3 Å². The molecule has 4 heteroatoms. The Kier molecular flexibility index (Phi) is 6.11. The number of carbonyl (C=O) groups excluding carboxylic acids is 1. The lowest BCUT2D eigenvalue weighted by Gasteiger charge is -1.99. The van der Waals surface area contributed by atoms with Crippen molar-refractivity contribution in [2.45, 2.75) is 13.3 Å². The molecule has 0 amide bonds. The van der Waals surface area contributed by atoms with E-state index in [2.05, 4.69) is 14.5 Å². The van der Waals surface area contributed by atoms with Crippen molar-refractivity contribution in [1.29, 1.82) is 0 Å². The summed E-state index contributed by atoms with van der Waals surface area (Å²) in [6.45, 7) is 2.40. The summed E-state index contributed by atoms with van der Waals surface area (Å²) in [5.41, 5.74) is 0. The Balaban J connectivity index is 2.96. The number of rotatable bonds is 5. The third kappa shape index (κ3) is 5.53. The van der Waals surface area contributed by atoms with Gasteiger partial charge in [-0.05, 0) is 0 Å². The first kappa shape index (κ1) is 9.39. The Hall–Kier alpha value is -0.610. The number of ether oxygens (including phenoxy) is 1. The van der Waals surface area contributed by atoms with E-state index < -0.39 is 0 Å². The zero-order chi connectivity index (χ0) is 7.82. The summed E-state index contributed by atoms with van der Waals surface area (Å²) in [4.78, 5) is 19.1. The van der Waals surface area contributed by atoms with E-state index in [1.807, 2.05) is 0 Å². The summed E-state index contributed by atoms with van der Waals surface area (Å²) in [5.74, 6) is -0.365. The number of methoxy groups -OCH3 is 1. The van der Waals surface area contributed by atoms with Crippen molar-refractivity contribution in [2.75, 3.05) is 20.3 Å². The van der Waals surface area contributed by atoms with Gasteiger partial charge in [-0.25, -0.2) is 4.79 Å². The molecule has 0 aliphatic heterocycles. The van der Waals surface area contributed by atoms with Crippen molar-refractivity contribution in [2.24, 2.45) is 0 Å². The molecule has 60 valence electrons. The van der Waals surface area contributed by atoms with Crippen LogP contribution in [0.2, 0.25) is 0 Å². The van der Waals surface area contributed by atoms with Crippen LogP contribution in [0, 0.1) is 0 Å². The van der Waals surface area contributed by atoms with E-state index in [4.69, 9.17) is 0 Å². The highest BCUT2D eigenvalue weighted by atomic mass is 17.2. The first-order chi connectivity index (χ1) is 4.81. The quantitative estimate of drug-likeness (QED) is 0.324. The van der Waals surface area contributed by atoms with E-state index in [0.29, 0.717) is 13.0 Å². The van der Waals surface area contributed by atoms with E-state index in [9.17, 15) is 4.79 Å². The lowest BCUT2D eigenvalue weighted by Crippen LogP contribution is -2.07. The maximum Gasteiger partial charge on any atom is 0.342 e. The van der Waals surface area contributed by atoms with Crippen LogP contribution in [0.5, 0.6) is 0 Å². The molecular formula is C6H12O4. The van der Waals surface area contributed by atoms with Gasteiger partial charge in [-0.2, -0.15) is 4.89 Å². The van der Waals surface area contributed by atoms with Crippen molar-refractivity contribution in [1.82, 2.24) is 0 Å². The van der Waals surface area contributed by atoms with Gasteiger partial charge in [0.05, 0.1) is 6.61 Å². The van der Waals surface area contributed by atoms with Gasteiger partial charge in [0.1, 0.15) is 6.61 Å². The molecule has 0 aromatic heterocycles. The van der Waals surface area contributed by atoms with E-state index in [1.54, 1.807) is 14.0 Å². The van der Waals surface area contributed by atoms with Crippen LogP contribution >= 0.6 is 0 Å². The van der Waals surface area contributed by atoms with Gasteiger partial charge in [-0.3, -0.25) is 4.89 Å². The van der Waals surface area contributed by atoms with Gasteiger partial charge in [0, 0.05) is 13.5 Å². The van der Waals surface area contributed by atoms with Gasteiger partial charge in [-0.1, -0.05) is 6.92 Å². The third-order valence-electron chi connectivity index (χ3n) is 0.811. The zero-order valence-corrected chi connectivity index (χ0v) is 6.25. The summed E-state index contributed by atoms with van der Waals surface area (Å²) in [6.07, 6.45) is 0.326. The SMILES string of the molecule is CCC(=O)OOCCOC. The summed E-state index contributed by atoms with van der Waals surface area (Å²) in [7, 11) is 1.55. The first-order valence-corrected chi connectivity index (χ1v) is 3.12. The van der Waals surface area contributed by atoms with Crippen LogP contribution in [0.4, 0.5) is 0 Å². The maximum atomic E-state index is 10.4. The second-order valence-corrected chi connectivity index (χ2v) is 1.62. The minimum atomic E-state index is -0.365. The van der Waals surface area contributed by atoms with Crippen LogP contribution in [0.15, 0.2) is 0 Å². The summed E-state index contributed by atoms with van der Waals surface area (Å²) in [6, 6.07) is 0. The molecule has 0 aromatic carbocycles. The van der Waals surface area contributed by atoms with E-state index in [0.717, 1.165) is 0 Å². The number of hydrogen-bond acceptors (Lipinski definition) is 4. The third-order valence-corrected chi connectivity index (χ3v) is 0.811. The summed E-state index contributed by atoms with van der Waals surface area (Å²) in [5, 5.41) is 0. The zero-order valence-electron chi connectivity index (χ0n) is 6.25. The molecule has 4 nitrogen and oxygen atoms in total. The van der Waals surface area contributed by atoms with E-state index in [1.165, 1.54) is 0 Å². The van der Waals surface area contributed by atoms with Gasteiger partial charge in [0.2, 0.25) is 0 Å². The van der Waals surface area contributed by atoms with Gasteiger partial charge < -0.3 is 4.74 Å². The molecule has 0 unspecified atom stereocenters. The molecule has 0 radical (unpaired) electrons. The molecule has 0 bridgehead atoms. The second kappa shape index (κ2) is 6.51. The number of carbonyl (C=O) groups is 1. The monoisotopic (exact) mass is 148 g/mol. The van der Waals surface area contributed by atoms with Crippen LogP contribution in [0.25, 0.3) is 0 Å². The second-order valence-electron chi connectivity index (χ2n) is 1.62. The Labute approximate surface area is 60.0 Å². The predicted molar refractivity (Wildman–Crippen MR) is 34.2 cm³/mol. The molecule has 0 aromatic rings. The van der Waals surface area contributed by atoms with Crippen LogP contribution in [0.1, 0.15) is 13.3 Å². The van der Waals surface area contributed by atoms with E-state index >= 15 is 0 Å². The highest BCUT2D eigenvalue weighted by Crippen LogP contribution is 1.85. The highest BCUT2D eigenvalue weighted by molar-refractivity contribution is 5.68. The lowest BCUT2D eigenvalue weighted by molar-refractivity contribution is -0.275. The molecule has 0 saturated carbocycles. The smallest absolute Gasteiger partial charge is 0.342 e. The largest absolute Gasteiger partial charge is 0.382 e. The fraction of sp³-hybridized carbons (Fsp3) is 0.833. The molecule has 0 aliphatic carbocycles. The highest BCUT2D eigenvalue weighted by Gasteiger charge is 1.97. The molecule has 0 spiro atoms. The normalized spacial score (nSPS) is 9.40. The van der Waals surface area contributed by atoms with Gasteiger partial charge in [0.25, 0.3) is 0 Å². The molecule has 0 N–H and O–H groups in total. The van der Waals surface area contributed by atoms with Gasteiger partial charge in [-0.15, -0.1) is 0 Å². The summed E-state index contributed by atoms with van der Waals surface area (Å²) < 4.78 is 4.64. The minimum Gasteiger partial charge on any atom is -0.382 e. The van der Waals surface area contributed by atoms with Crippen molar-refractivity contribution < 1.29 is 19.3 Å². The minimum absolute atomic E-state index is 0.280. The fourth-order valence-electron chi connectivity index (χ4n) is 0.284. The van der Waals surface area contributed by atoms with Crippen molar-refractivity contribution in [3.8, 4) is 0 Å². The average Bonchev–Trinajstić information content (AvgIpc) is 1.98. The Bertz CT molecular complexity index is 91.7. The predicted octanol–water partition coefficient (Wildman–Crippen LogP) is 0.518. The molecule has 0 heterocycles. The van der Waals surface area contributed by atoms with Crippen LogP contribution < -0.4 is 0 Å². The van der Waals surface area contributed by atoms with Gasteiger partial charge in [0.15, 0.2) is 0 Å². The molecule has 10 heavy (non-hydrogen) atoms. The van der Waals surface area contributed by atoms with Crippen LogP contribution in [0.3, 0.4) is 0 Å². The van der Waals surface area contributed by atoms with Crippen LogP contribution in [-0.4, -0.2) is 26.3 Å². The molecular weight excluding hydrogens is 136 g/mol. The van der Waals surface area contributed by atoms with Gasteiger partial charge >= 0.3 is 5.97 Å². The molecule has 0 atom stereocenters. The van der Waals surface area contributed by atoms with Crippen molar-refractivity contribution in [3.05, 3.63) is 0 Å². The Morgan fingerprint density at radius 3 is 2.60 bits per heavy atom. The van der Waals surface area contributed by atoms with Crippen molar-refractivity contribution >= 4 is 5.97 Å².